The van der Waals surface area contributed by atoms with Gasteiger partial charge in [0.05, 0.1) is 0 Å². The number of carbonyl (C=O) groups is 1. The molecule has 0 aliphatic rings. The highest BCUT2D eigenvalue weighted by atomic mass is 16.4. The second-order valence-electron chi connectivity index (χ2n) is 5.70. The molecule has 0 bridgehead atoms. The van der Waals surface area contributed by atoms with Crippen LogP contribution in [-0.2, 0) is 10.3 Å². The fraction of sp³-hybridized carbons (Fsp3) is 0.588. The predicted molar refractivity (Wildman–Crippen MR) is 86.7 cm³/mol. The van der Waals surface area contributed by atoms with Gasteiger partial charge in [-0.15, -0.1) is 0 Å². The van der Waals surface area contributed by atoms with Crippen molar-refractivity contribution in [1.82, 2.24) is 10.2 Å². The van der Waals surface area contributed by atoms with E-state index < -0.39 is 11.5 Å². The molecule has 1 rings (SSSR count). The molecular formula is C17H28N2O2. The quantitative estimate of drug-likeness (QED) is 0.773. The topological polar surface area (TPSA) is 52.6 Å². The summed E-state index contributed by atoms with van der Waals surface area (Å²) < 4.78 is 0. The van der Waals surface area contributed by atoms with Crippen molar-refractivity contribution in [3.8, 4) is 0 Å². The number of benzene rings is 1. The first-order chi connectivity index (χ1) is 9.85. The zero-order valence-corrected chi connectivity index (χ0v) is 13.9. The van der Waals surface area contributed by atoms with Gasteiger partial charge in [-0.2, -0.15) is 0 Å². The molecule has 0 aromatic heterocycles. The van der Waals surface area contributed by atoms with Gasteiger partial charge in [-0.3, -0.25) is 5.32 Å². The fourth-order valence-corrected chi connectivity index (χ4v) is 2.66. The highest BCUT2D eigenvalue weighted by Gasteiger charge is 2.35. The highest BCUT2D eigenvalue weighted by molar-refractivity contribution is 5.80. The highest BCUT2D eigenvalue weighted by Crippen LogP contribution is 2.25. The molecule has 0 saturated heterocycles. The average molecular weight is 292 g/mol. The first-order valence-electron chi connectivity index (χ1n) is 7.63. The summed E-state index contributed by atoms with van der Waals surface area (Å²) in [5, 5.41) is 12.9. The predicted octanol–water partition coefficient (Wildman–Crippen LogP) is 2.53. The summed E-state index contributed by atoms with van der Waals surface area (Å²) >= 11 is 0. The number of rotatable bonds is 8. The smallest absolute Gasteiger partial charge is 0.328 e. The maximum atomic E-state index is 11.8. The second kappa shape index (κ2) is 7.57. The number of hydrogen-bond acceptors (Lipinski definition) is 3. The molecule has 2 N–H and O–H groups in total. The summed E-state index contributed by atoms with van der Waals surface area (Å²) in [4.78, 5) is 14.1. The van der Waals surface area contributed by atoms with Gasteiger partial charge in [0.15, 0.2) is 0 Å². The summed E-state index contributed by atoms with van der Waals surface area (Å²) in [6, 6.07) is 5.92. The summed E-state index contributed by atoms with van der Waals surface area (Å²) in [6.07, 6.45) is 0. The van der Waals surface area contributed by atoms with Crippen molar-refractivity contribution < 1.29 is 9.90 Å². The van der Waals surface area contributed by atoms with Gasteiger partial charge in [-0.25, -0.2) is 4.79 Å². The van der Waals surface area contributed by atoms with Gasteiger partial charge in [0.2, 0.25) is 0 Å². The van der Waals surface area contributed by atoms with E-state index in [-0.39, 0.29) is 0 Å². The van der Waals surface area contributed by atoms with E-state index in [4.69, 9.17) is 0 Å². The SMILES string of the molecule is CCN(CC)CCNC(C)(C(=O)O)c1ccc(C)cc1C. The Morgan fingerprint density at radius 2 is 1.90 bits per heavy atom. The number of carboxylic acids is 1. The van der Waals surface area contributed by atoms with Crippen LogP contribution in [-0.4, -0.2) is 42.2 Å². The zero-order chi connectivity index (χ0) is 16.0. The monoisotopic (exact) mass is 292 g/mol. The van der Waals surface area contributed by atoms with E-state index in [2.05, 4.69) is 24.1 Å². The van der Waals surface area contributed by atoms with Crippen molar-refractivity contribution >= 4 is 5.97 Å². The first-order valence-corrected chi connectivity index (χ1v) is 7.63. The molecule has 0 saturated carbocycles. The minimum Gasteiger partial charge on any atom is -0.480 e. The van der Waals surface area contributed by atoms with Crippen LogP contribution in [0.4, 0.5) is 0 Å². The third kappa shape index (κ3) is 4.29. The van der Waals surface area contributed by atoms with Gasteiger partial charge < -0.3 is 10.0 Å². The minimum absolute atomic E-state index is 0.651. The van der Waals surface area contributed by atoms with Crippen molar-refractivity contribution in [2.45, 2.75) is 40.2 Å². The van der Waals surface area contributed by atoms with Gasteiger partial charge in [0.25, 0.3) is 0 Å². The Bertz CT molecular complexity index is 484. The van der Waals surface area contributed by atoms with Crippen LogP contribution in [0, 0.1) is 13.8 Å². The molecule has 4 nitrogen and oxygen atoms in total. The summed E-state index contributed by atoms with van der Waals surface area (Å²) in [7, 11) is 0. The second-order valence-corrected chi connectivity index (χ2v) is 5.70. The Morgan fingerprint density at radius 1 is 1.29 bits per heavy atom. The summed E-state index contributed by atoms with van der Waals surface area (Å²) in [5.41, 5.74) is 1.94. The molecule has 0 radical (unpaired) electrons. The standard InChI is InChI=1S/C17H28N2O2/c1-6-19(7-2)11-10-18-17(5,16(20)21)15-9-8-13(3)12-14(15)4/h8-9,12,18H,6-7,10-11H2,1-5H3,(H,20,21). The lowest BCUT2D eigenvalue weighted by molar-refractivity contribution is -0.144. The van der Waals surface area contributed by atoms with Crippen molar-refractivity contribution in [2.75, 3.05) is 26.2 Å². The van der Waals surface area contributed by atoms with Crippen LogP contribution in [0.5, 0.6) is 0 Å². The molecule has 118 valence electrons. The van der Waals surface area contributed by atoms with E-state index in [0.29, 0.717) is 6.54 Å². The van der Waals surface area contributed by atoms with Crippen LogP contribution in [0.3, 0.4) is 0 Å². The van der Waals surface area contributed by atoms with Crippen LogP contribution in [0.1, 0.15) is 37.5 Å². The number of carboxylic acid groups (broad SMARTS) is 1. The van der Waals surface area contributed by atoms with Crippen LogP contribution < -0.4 is 5.32 Å². The van der Waals surface area contributed by atoms with Crippen LogP contribution >= 0.6 is 0 Å². The van der Waals surface area contributed by atoms with Crippen molar-refractivity contribution in [1.29, 1.82) is 0 Å². The third-order valence-electron chi connectivity index (χ3n) is 4.15. The number of likely N-dealkylation sites (N-methyl/N-ethyl adjacent to an activating group) is 1. The molecule has 0 aliphatic heterocycles. The number of nitrogens with zero attached hydrogens (tertiary/aromatic N) is 1. The number of aliphatic carboxylic acids is 1. The van der Waals surface area contributed by atoms with E-state index >= 15 is 0 Å². The minimum atomic E-state index is -1.05. The van der Waals surface area contributed by atoms with Crippen LogP contribution in [0.15, 0.2) is 18.2 Å². The molecule has 1 unspecified atom stereocenters. The Hall–Kier alpha value is -1.39. The molecule has 1 aromatic carbocycles. The molecule has 1 atom stereocenters. The Balaban J connectivity index is 2.90. The van der Waals surface area contributed by atoms with Crippen molar-refractivity contribution in [3.05, 3.63) is 34.9 Å². The summed E-state index contributed by atoms with van der Waals surface area (Å²) in [5.74, 6) is -0.839. The van der Waals surface area contributed by atoms with Crippen LogP contribution in [0.2, 0.25) is 0 Å². The molecular weight excluding hydrogens is 264 g/mol. The van der Waals surface area contributed by atoms with Gasteiger partial charge in [-0.1, -0.05) is 37.6 Å². The van der Waals surface area contributed by atoms with Crippen LogP contribution in [0.25, 0.3) is 0 Å². The Morgan fingerprint density at radius 3 is 2.38 bits per heavy atom. The maximum absolute atomic E-state index is 11.8. The number of aryl methyl sites for hydroxylation is 2. The normalized spacial score (nSPS) is 14.2. The first kappa shape index (κ1) is 17.7. The molecule has 0 amide bonds. The van der Waals surface area contributed by atoms with Gasteiger partial charge >= 0.3 is 5.97 Å². The third-order valence-corrected chi connectivity index (χ3v) is 4.15. The van der Waals surface area contributed by atoms with E-state index in [1.807, 2.05) is 32.0 Å². The maximum Gasteiger partial charge on any atom is 0.328 e. The number of nitrogens with one attached hydrogen (secondary N) is 1. The van der Waals surface area contributed by atoms with Gasteiger partial charge in [-0.05, 0) is 45.0 Å². The Kier molecular flexibility index (Phi) is 6.37. The lowest BCUT2D eigenvalue weighted by atomic mass is 9.87. The lowest BCUT2D eigenvalue weighted by Gasteiger charge is -2.30. The summed E-state index contributed by atoms with van der Waals surface area (Å²) in [6.45, 7) is 13.4. The Labute approximate surface area is 128 Å². The zero-order valence-electron chi connectivity index (χ0n) is 13.9. The molecule has 0 aliphatic carbocycles. The van der Waals surface area contributed by atoms with E-state index in [1.165, 1.54) is 0 Å². The molecule has 21 heavy (non-hydrogen) atoms. The van der Waals surface area contributed by atoms with Gasteiger partial charge in [0, 0.05) is 13.1 Å². The van der Waals surface area contributed by atoms with E-state index in [9.17, 15) is 9.90 Å². The average Bonchev–Trinajstić information content (AvgIpc) is 2.43. The lowest BCUT2D eigenvalue weighted by Crippen LogP contribution is -2.49. The van der Waals surface area contributed by atoms with E-state index in [0.717, 1.165) is 36.3 Å². The molecule has 4 heteroatoms. The van der Waals surface area contributed by atoms with E-state index in [1.54, 1.807) is 6.92 Å². The molecule has 0 fully saturated rings. The molecule has 1 aromatic rings. The fourth-order valence-electron chi connectivity index (χ4n) is 2.66. The van der Waals surface area contributed by atoms with Crippen molar-refractivity contribution in [3.63, 3.8) is 0 Å². The molecule has 0 heterocycles. The number of hydrogen-bond donors (Lipinski definition) is 2. The van der Waals surface area contributed by atoms with Crippen molar-refractivity contribution in [2.24, 2.45) is 0 Å². The molecule has 0 spiro atoms. The largest absolute Gasteiger partial charge is 0.480 e. The van der Waals surface area contributed by atoms with Gasteiger partial charge in [0.1, 0.15) is 5.54 Å².